The van der Waals surface area contributed by atoms with E-state index < -0.39 is 0 Å². The number of rotatable bonds is 3. The number of aryl methyl sites for hydroxylation is 1. The van der Waals surface area contributed by atoms with Crippen molar-refractivity contribution in [1.29, 1.82) is 0 Å². The predicted octanol–water partition coefficient (Wildman–Crippen LogP) is 1.51. The Balaban J connectivity index is 0.000000861. The molecule has 0 bridgehead atoms. The van der Waals surface area contributed by atoms with E-state index in [1.807, 2.05) is 19.1 Å². The molecule has 0 spiro atoms. The first-order valence-corrected chi connectivity index (χ1v) is 8.97. The van der Waals surface area contributed by atoms with Crippen LogP contribution in [-0.4, -0.2) is 55.1 Å². The SMILES string of the molecule is COC1CN(C(=O)c2ccc(C)s2)CC1OC.[CH2]=[Ta]. The van der Waals surface area contributed by atoms with Crippen LogP contribution in [0.4, 0.5) is 0 Å². The molecule has 6 heteroatoms. The summed E-state index contributed by atoms with van der Waals surface area (Å²) in [4.78, 5) is 15.9. The van der Waals surface area contributed by atoms with E-state index in [0.29, 0.717) is 13.1 Å². The number of likely N-dealkylation sites (tertiary alicyclic amines) is 1. The van der Waals surface area contributed by atoms with E-state index in [0.717, 1.165) is 9.75 Å². The van der Waals surface area contributed by atoms with E-state index >= 15 is 0 Å². The number of amides is 1. The van der Waals surface area contributed by atoms with Crippen molar-refractivity contribution in [2.24, 2.45) is 0 Å². The molecule has 2 heterocycles. The monoisotopic (exact) mass is 450 g/mol. The van der Waals surface area contributed by atoms with Gasteiger partial charge in [0.05, 0.1) is 4.88 Å². The molecular weight excluding hydrogens is 431 g/mol. The van der Waals surface area contributed by atoms with Crippen LogP contribution in [0.5, 0.6) is 0 Å². The summed E-state index contributed by atoms with van der Waals surface area (Å²) in [5, 5.41) is 0. The maximum absolute atomic E-state index is 12.2. The Morgan fingerprint density at radius 2 is 1.84 bits per heavy atom. The van der Waals surface area contributed by atoms with Gasteiger partial charge in [-0.3, -0.25) is 4.79 Å². The van der Waals surface area contributed by atoms with Crippen molar-refractivity contribution < 1.29 is 34.9 Å². The maximum atomic E-state index is 12.2. The first-order chi connectivity index (χ1) is 9.15. The van der Waals surface area contributed by atoms with E-state index in [2.05, 4.69) is 4.73 Å². The zero-order valence-electron chi connectivity index (χ0n) is 11.5. The topological polar surface area (TPSA) is 38.8 Å². The summed E-state index contributed by atoms with van der Waals surface area (Å²) >= 11 is 2.72. The second-order valence-corrected chi connectivity index (χ2v) is 5.46. The molecule has 1 aromatic rings. The molecule has 0 aliphatic carbocycles. The molecule has 2 unspecified atom stereocenters. The molecule has 1 aromatic heterocycles. The van der Waals surface area contributed by atoms with Crippen LogP contribution in [0.2, 0.25) is 0 Å². The molecule has 1 aliphatic heterocycles. The molecule has 19 heavy (non-hydrogen) atoms. The number of carbonyl (C=O) groups is 1. The molecule has 1 amide bonds. The van der Waals surface area contributed by atoms with Crippen molar-refractivity contribution in [2.45, 2.75) is 19.1 Å². The Kier molecular flexibility index (Phi) is 7.13. The Bertz CT molecular complexity index is 412. The van der Waals surface area contributed by atoms with Crippen molar-refractivity contribution in [3.63, 3.8) is 0 Å². The predicted molar refractivity (Wildman–Crippen MR) is 73.7 cm³/mol. The summed E-state index contributed by atoms with van der Waals surface area (Å²) in [6.45, 7) is 3.21. The van der Waals surface area contributed by atoms with Gasteiger partial charge in [-0.25, -0.2) is 0 Å². The number of methoxy groups -OCH3 is 2. The second kappa shape index (κ2) is 8.09. The number of hydrogen-bond acceptors (Lipinski definition) is 4. The molecule has 2 atom stereocenters. The van der Waals surface area contributed by atoms with E-state index in [1.54, 1.807) is 19.1 Å². The van der Waals surface area contributed by atoms with Crippen molar-refractivity contribution in [1.82, 2.24) is 4.90 Å². The van der Waals surface area contributed by atoms with E-state index in [9.17, 15) is 4.79 Å². The van der Waals surface area contributed by atoms with Crippen molar-refractivity contribution in [3.05, 3.63) is 21.9 Å². The zero-order valence-corrected chi connectivity index (χ0v) is 15.5. The quantitative estimate of drug-likeness (QED) is 0.701. The fourth-order valence-corrected chi connectivity index (χ4v) is 2.90. The Hall–Kier alpha value is -0.300. The van der Waals surface area contributed by atoms with Gasteiger partial charge in [0.2, 0.25) is 0 Å². The fraction of sp³-hybridized carbons (Fsp3) is 0.538. The average Bonchev–Trinajstić information content (AvgIpc) is 3.05. The fourth-order valence-electron chi connectivity index (χ4n) is 2.07. The molecule has 4 nitrogen and oxygen atoms in total. The molecule has 2 rings (SSSR count). The molecule has 0 N–H and O–H groups in total. The van der Waals surface area contributed by atoms with Gasteiger partial charge in [-0.2, -0.15) is 0 Å². The summed E-state index contributed by atoms with van der Waals surface area (Å²) in [5.74, 6) is 0.0738. The van der Waals surface area contributed by atoms with Crippen LogP contribution >= 0.6 is 11.3 Å². The van der Waals surface area contributed by atoms with Gasteiger partial charge < -0.3 is 14.4 Å². The summed E-state index contributed by atoms with van der Waals surface area (Å²) in [7, 11) is 3.31. The number of nitrogens with zero attached hydrogens (tertiary/aromatic N) is 1. The second-order valence-electron chi connectivity index (χ2n) is 4.17. The van der Waals surface area contributed by atoms with Gasteiger partial charge in [0.15, 0.2) is 0 Å². The Morgan fingerprint density at radius 1 is 1.32 bits per heavy atom. The minimum absolute atomic E-state index is 0.0231. The molecule has 0 aromatic carbocycles. The van der Waals surface area contributed by atoms with Gasteiger partial charge >= 0.3 is 25.3 Å². The average molecular weight is 450 g/mol. The molecule has 1 saturated heterocycles. The Labute approximate surface area is 130 Å². The van der Waals surface area contributed by atoms with Gasteiger partial charge in [-0.15, -0.1) is 11.3 Å². The molecule has 0 saturated carbocycles. The van der Waals surface area contributed by atoms with Crippen LogP contribution in [0, 0.1) is 6.92 Å². The normalized spacial score (nSPS) is 21.9. The molecule has 1 fully saturated rings. The summed E-state index contributed by atoms with van der Waals surface area (Å²) in [5.41, 5.74) is 0. The van der Waals surface area contributed by atoms with Gasteiger partial charge in [0.25, 0.3) is 5.91 Å². The summed E-state index contributed by atoms with van der Waals surface area (Å²) in [6.07, 6.45) is -0.0463. The first-order valence-electron chi connectivity index (χ1n) is 5.88. The number of hydrogen-bond donors (Lipinski definition) is 0. The third-order valence-corrected chi connectivity index (χ3v) is 4.05. The van der Waals surface area contributed by atoms with Gasteiger partial charge in [-0.05, 0) is 19.1 Å². The molecule has 1 aliphatic rings. The van der Waals surface area contributed by atoms with E-state index in [4.69, 9.17) is 9.47 Å². The van der Waals surface area contributed by atoms with Crippen LogP contribution in [0.3, 0.4) is 0 Å². The van der Waals surface area contributed by atoms with Crippen LogP contribution in [-0.2, 0) is 30.1 Å². The minimum atomic E-state index is -0.0231. The standard InChI is InChI=1S/C12H17NO3S.CH2.Ta/c1-8-4-5-11(17-8)12(14)13-6-9(15-2)10(7-13)16-3;;/h4-5,9-10H,6-7H2,1-3H3;1H2;. The number of carbonyl (C=O) groups excluding carboxylic acids is 1. The third-order valence-electron chi connectivity index (χ3n) is 3.06. The number of thiophene rings is 1. The first kappa shape index (κ1) is 16.8. The zero-order chi connectivity index (χ0) is 14.4. The van der Waals surface area contributed by atoms with Crippen molar-refractivity contribution in [3.8, 4) is 0 Å². The third kappa shape index (κ3) is 4.08. The molecular formula is C13H19NO3STa. The van der Waals surface area contributed by atoms with Gasteiger partial charge in [0, 0.05) is 32.2 Å². The molecule has 0 radical (unpaired) electrons. The van der Waals surface area contributed by atoms with Crippen LogP contribution < -0.4 is 0 Å². The Morgan fingerprint density at radius 3 is 2.21 bits per heavy atom. The van der Waals surface area contributed by atoms with Crippen molar-refractivity contribution >= 4 is 22.0 Å². The summed E-state index contributed by atoms with van der Waals surface area (Å²) in [6, 6.07) is 3.85. The van der Waals surface area contributed by atoms with E-state index in [1.165, 1.54) is 31.9 Å². The van der Waals surface area contributed by atoms with Gasteiger partial charge in [0.1, 0.15) is 12.2 Å². The van der Waals surface area contributed by atoms with E-state index in [-0.39, 0.29) is 18.1 Å². The van der Waals surface area contributed by atoms with Crippen LogP contribution in [0.1, 0.15) is 14.5 Å². The van der Waals surface area contributed by atoms with Crippen LogP contribution in [0.25, 0.3) is 0 Å². The summed E-state index contributed by atoms with van der Waals surface area (Å²) < 4.78 is 14.0. The van der Waals surface area contributed by atoms with Crippen molar-refractivity contribution in [2.75, 3.05) is 27.3 Å². The number of ether oxygens (including phenoxy) is 2. The van der Waals surface area contributed by atoms with Crippen LogP contribution in [0.15, 0.2) is 12.1 Å². The van der Waals surface area contributed by atoms with Gasteiger partial charge in [-0.1, -0.05) is 0 Å². The molecule has 105 valence electrons.